The summed E-state index contributed by atoms with van der Waals surface area (Å²) in [5.74, 6) is -1.61. The van der Waals surface area contributed by atoms with E-state index in [9.17, 15) is 9.59 Å². The number of imidazole rings is 1. The lowest BCUT2D eigenvalue weighted by Gasteiger charge is -1.97. The second-order valence-corrected chi connectivity index (χ2v) is 2.47. The van der Waals surface area contributed by atoms with Gasteiger partial charge >= 0.3 is 5.97 Å². The molecule has 0 spiro atoms. The average Bonchev–Trinajstić information content (AvgIpc) is 2.63. The fourth-order valence-corrected chi connectivity index (χ4v) is 0.770. The van der Waals surface area contributed by atoms with Crippen molar-refractivity contribution in [2.24, 2.45) is 0 Å². The van der Waals surface area contributed by atoms with Gasteiger partial charge in [0.2, 0.25) is 5.91 Å². The number of aliphatic carboxylic acids is 1. The highest BCUT2D eigenvalue weighted by atomic mass is 16.4. The molecular weight excluding hydrogens is 186 g/mol. The predicted molar refractivity (Wildman–Crippen MR) is 47.2 cm³/mol. The van der Waals surface area contributed by atoms with Gasteiger partial charge in [0.05, 0.1) is 18.6 Å². The molecule has 1 amide bonds. The van der Waals surface area contributed by atoms with E-state index in [1.165, 1.54) is 6.33 Å². The SMILES string of the molecule is O=C(O)C=CC(=O)NCc1cnc[nH]1. The topological polar surface area (TPSA) is 95.1 Å². The van der Waals surface area contributed by atoms with Crippen molar-refractivity contribution in [2.75, 3.05) is 0 Å². The number of nitrogens with zero attached hydrogens (tertiary/aromatic N) is 1. The number of carboxylic acid groups (broad SMARTS) is 1. The summed E-state index contributed by atoms with van der Waals surface area (Å²) in [6, 6.07) is 0. The van der Waals surface area contributed by atoms with Gasteiger partial charge in [-0.15, -0.1) is 0 Å². The first-order valence-corrected chi connectivity index (χ1v) is 3.84. The van der Waals surface area contributed by atoms with Gasteiger partial charge in [0.1, 0.15) is 0 Å². The molecule has 0 radical (unpaired) electrons. The lowest BCUT2D eigenvalue weighted by Crippen LogP contribution is -2.20. The monoisotopic (exact) mass is 195 g/mol. The molecule has 1 heterocycles. The van der Waals surface area contributed by atoms with E-state index in [0.717, 1.165) is 17.8 Å². The number of rotatable bonds is 4. The minimum absolute atomic E-state index is 0.294. The molecule has 0 bridgehead atoms. The number of carboxylic acids is 1. The molecule has 0 unspecified atom stereocenters. The summed E-state index contributed by atoms with van der Waals surface area (Å²) in [6.45, 7) is 0.294. The Morgan fingerprint density at radius 3 is 2.93 bits per heavy atom. The Kier molecular flexibility index (Phi) is 3.42. The molecule has 1 aromatic heterocycles. The lowest BCUT2D eigenvalue weighted by molar-refractivity contribution is -0.131. The number of nitrogens with one attached hydrogen (secondary N) is 2. The first-order chi connectivity index (χ1) is 6.68. The molecular formula is C8H9N3O3. The number of amides is 1. The van der Waals surface area contributed by atoms with Gasteiger partial charge < -0.3 is 15.4 Å². The fraction of sp³-hybridized carbons (Fsp3) is 0.125. The largest absolute Gasteiger partial charge is 0.478 e. The Morgan fingerprint density at radius 1 is 1.57 bits per heavy atom. The van der Waals surface area contributed by atoms with Crippen molar-refractivity contribution in [3.8, 4) is 0 Å². The van der Waals surface area contributed by atoms with Crippen LogP contribution in [0.5, 0.6) is 0 Å². The highest BCUT2D eigenvalue weighted by Crippen LogP contribution is 1.88. The Labute approximate surface area is 79.7 Å². The standard InChI is InChI=1S/C8H9N3O3/c12-7(1-2-8(13)14)10-4-6-3-9-5-11-6/h1-3,5H,4H2,(H,9,11)(H,10,12)(H,13,14). The van der Waals surface area contributed by atoms with Crippen LogP contribution in [-0.2, 0) is 16.1 Å². The van der Waals surface area contributed by atoms with E-state index >= 15 is 0 Å². The number of aromatic amines is 1. The number of carbonyl (C=O) groups is 2. The Morgan fingerprint density at radius 2 is 2.36 bits per heavy atom. The van der Waals surface area contributed by atoms with E-state index in [-0.39, 0.29) is 0 Å². The third-order valence-corrected chi connectivity index (χ3v) is 1.39. The number of H-pyrrole nitrogens is 1. The smallest absolute Gasteiger partial charge is 0.328 e. The van der Waals surface area contributed by atoms with E-state index in [1.54, 1.807) is 6.20 Å². The lowest BCUT2D eigenvalue weighted by atomic mass is 10.4. The molecule has 14 heavy (non-hydrogen) atoms. The predicted octanol–water partition coefficient (Wildman–Crippen LogP) is -0.333. The summed E-state index contributed by atoms with van der Waals surface area (Å²) in [5.41, 5.74) is 0.752. The number of hydrogen-bond donors (Lipinski definition) is 3. The van der Waals surface area contributed by atoms with Crippen molar-refractivity contribution < 1.29 is 14.7 Å². The van der Waals surface area contributed by atoms with E-state index in [1.807, 2.05) is 0 Å². The van der Waals surface area contributed by atoms with Crippen LogP contribution >= 0.6 is 0 Å². The first kappa shape index (κ1) is 9.97. The van der Waals surface area contributed by atoms with E-state index in [4.69, 9.17) is 5.11 Å². The van der Waals surface area contributed by atoms with Gasteiger partial charge in [0.15, 0.2) is 0 Å². The Balaban J connectivity index is 2.32. The highest BCUT2D eigenvalue weighted by molar-refractivity contribution is 5.93. The van der Waals surface area contributed by atoms with Gasteiger partial charge in [-0.2, -0.15) is 0 Å². The Bertz CT molecular complexity index is 343. The number of aromatic nitrogens is 2. The van der Waals surface area contributed by atoms with Gasteiger partial charge in [0, 0.05) is 18.3 Å². The molecule has 0 aliphatic carbocycles. The van der Waals surface area contributed by atoms with Crippen molar-refractivity contribution in [2.45, 2.75) is 6.54 Å². The number of carbonyl (C=O) groups excluding carboxylic acids is 1. The summed E-state index contributed by atoms with van der Waals surface area (Å²) >= 11 is 0. The third-order valence-electron chi connectivity index (χ3n) is 1.39. The van der Waals surface area contributed by atoms with Gasteiger partial charge in [-0.3, -0.25) is 4.79 Å². The Hall–Kier alpha value is -2.11. The zero-order chi connectivity index (χ0) is 10.4. The summed E-state index contributed by atoms with van der Waals surface area (Å²) in [7, 11) is 0. The maximum atomic E-state index is 10.9. The molecule has 0 aliphatic heterocycles. The molecule has 3 N–H and O–H groups in total. The summed E-state index contributed by atoms with van der Waals surface area (Å²) < 4.78 is 0. The van der Waals surface area contributed by atoms with Crippen LogP contribution in [0.4, 0.5) is 0 Å². The maximum Gasteiger partial charge on any atom is 0.328 e. The average molecular weight is 195 g/mol. The van der Waals surface area contributed by atoms with Crippen LogP contribution in [0, 0.1) is 0 Å². The van der Waals surface area contributed by atoms with Crippen LogP contribution < -0.4 is 5.32 Å². The van der Waals surface area contributed by atoms with Gasteiger partial charge in [0.25, 0.3) is 0 Å². The fourth-order valence-electron chi connectivity index (χ4n) is 0.770. The van der Waals surface area contributed by atoms with Gasteiger partial charge in [-0.25, -0.2) is 9.78 Å². The summed E-state index contributed by atoms with van der Waals surface area (Å²) in [6.07, 6.45) is 4.80. The molecule has 74 valence electrons. The van der Waals surface area contributed by atoms with Crippen LogP contribution in [0.1, 0.15) is 5.69 Å². The van der Waals surface area contributed by atoms with Crippen LogP contribution in [0.2, 0.25) is 0 Å². The normalized spacial score (nSPS) is 10.3. The van der Waals surface area contributed by atoms with Gasteiger partial charge in [-0.05, 0) is 0 Å². The molecule has 0 aliphatic rings. The van der Waals surface area contributed by atoms with Crippen molar-refractivity contribution in [1.82, 2.24) is 15.3 Å². The van der Waals surface area contributed by atoms with Crippen LogP contribution in [0.3, 0.4) is 0 Å². The molecule has 6 nitrogen and oxygen atoms in total. The van der Waals surface area contributed by atoms with E-state index < -0.39 is 11.9 Å². The zero-order valence-electron chi connectivity index (χ0n) is 7.23. The second-order valence-electron chi connectivity index (χ2n) is 2.47. The molecule has 1 rings (SSSR count). The van der Waals surface area contributed by atoms with Crippen molar-refractivity contribution in [3.63, 3.8) is 0 Å². The molecule has 6 heteroatoms. The minimum Gasteiger partial charge on any atom is -0.478 e. The molecule has 0 aromatic carbocycles. The highest BCUT2D eigenvalue weighted by Gasteiger charge is 1.97. The molecule has 1 aromatic rings. The van der Waals surface area contributed by atoms with Crippen molar-refractivity contribution in [1.29, 1.82) is 0 Å². The summed E-state index contributed by atoms with van der Waals surface area (Å²) in [4.78, 5) is 27.5. The molecule has 0 atom stereocenters. The van der Waals surface area contributed by atoms with Gasteiger partial charge in [-0.1, -0.05) is 0 Å². The first-order valence-electron chi connectivity index (χ1n) is 3.84. The van der Waals surface area contributed by atoms with E-state index in [2.05, 4.69) is 15.3 Å². The van der Waals surface area contributed by atoms with Crippen LogP contribution in [0.25, 0.3) is 0 Å². The van der Waals surface area contributed by atoms with Crippen molar-refractivity contribution in [3.05, 3.63) is 30.4 Å². The zero-order valence-corrected chi connectivity index (χ0v) is 7.23. The van der Waals surface area contributed by atoms with E-state index in [0.29, 0.717) is 6.54 Å². The number of hydrogen-bond acceptors (Lipinski definition) is 3. The second kappa shape index (κ2) is 4.80. The maximum absolute atomic E-state index is 10.9. The molecule has 0 saturated heterocycles. The van der Waals surface area contributed by atoms with Crippen LogP contribution in [0.15, 0.2) is 24.7 Å². The molecule has 0 fully saturated rings. The third kappa shape index (κ3) is 3.53. The quantitative estimate of drug-likeness (QED) is 0.573. The van der Waals surface area contributed by atoms with Crippen LogP contribution in [-0.4, -0.2) is 27.0 Å². The summed E-state index contributed by atoms with van der Waals surface area (Å²) in [5, 5.41) is 10.7. The minimum atomic E-state index is -1.15. The van der Waals surface area contributed by atoms with Crippen molar-refractivity contribution >= 4 is 11.9 Å². The molecule has 0 saturated carbocycles.